The summed E-state index contributed by atoms with van der Waals surface area (Å²) >= 11 is 0. The van der Waals surface area contributed by atoms with E-state index in [0.717, 1.165) is 27.1 Å². The van der Waals surface area contributed by atoms with Gasteiger partial charge in [0.15, 0.2) is 15.6 Å². The molecule has 5 rings (SSSR count). The molecule has 0 radical (unpaired) electrons. The van der Waals surface area contributed by atoms with Gasteiger partial charge in [0.05, 0.1) is 18.1 Å². The lowest BCUT2D eigenvalue weighted by Gasteiger charge is -2.16. The van der Waals surface area contributed by atoms with E-state index in [1.54, 1.807) is 13.0 Å². The second kappa shape index (κ2) is 8.12. The van der Waals surface area contributed by atoms with Gasteiger partial charge >= 0.3 is 6.03 Å². The number of hydrogen-bond acceptors (Lipinski definition) is 5. The number of sulfone groups is 1. The summed E-state index contributed by atoms with van der Waals surface area (Å²) in [6.45, 7) is 3.25. The molecule has 2 fully saturated rings. The predicted molar refractivity (Wildman–Crippen MR) is 127 cm³/mol. The van der Waals surface area contributed by atoms with Crippen molar-refractivity contribution in [3.63, 3.8) is 0 Å². The van der Waals surface area contributed by atoms with Crippen molar-refractivity contribution in [1.29, 1.82) is 0 Å². The van der Waals surface area contributed by atoms with E-state index >= 15 is 0 Å². The highest BCUT2D eigenvalue weighted by atomic mass is 32.2. The van der Waals surface area contributed by atoms with Crippen LogP contribution in [0.1, 0.15) is 39.8 Å². The number of carbonyl (C=O) groups excluding carboxylic acids is 3. The number of aromatic amines is 1. The van der Waals surface area contributed by atoms with Crippen LogP contribution in [0.25, 0.3) is 10.9 Å². The van der Waals surface area contributed by atoms with Gasteiger partial charge in [-0.15, -0.1) is 0 Å². The highest BCUT2D eigenvalue weighted by Crippen LogP contribution is 2.29. The summed E-state index contributed by atoms with van der Waals surface area (Å²) in [6.07, 6.45) is 2.66. The lowest BCUT2D eigenvalue weighted by atomic mass is 10.0. The van der Waals surface area contributed by atoms with Crippen LogP contribution in [0.2, 0.25) is 0 Å². The summed E-state index contributed by atoms with van der Waals surface area (Å²) in [5.41, 5.74) is 3.72. The number of ketones is 1. The van der Waals surface area contributed by atoms with Crippen LogP contribution in [0.3, 0.4) is 0 Å². The Bertz CT molecular complexity index is 1430. The third-order valence-corrected chi connectivity index (χ3v) is 8.62. The fourth-order valence-corrected chi connectivity index (χ4v) is 6.91. The SMILES string of the molecule is Cc1cc(C(=O)CN2C(=O)NC(Cc3c[nH]c4ccccc34)C2=O)c(C)n1C1CCS(=O)(=O)C1. The maximum atomic E-state index is 13.1. The molecule has 0 spiro atoms. The van der Waals surface area contributed by atoms with Crippen molar-refractivity contribution in [1.82, 2.24) is 19.8 Å². The summed E-state index contributed by atoms with van der Waals surface area (Å²) in [7, 11) is -3.08. The standard InChI is InChI=1S/C24H26N4O5S/c1-14-9-19(15(2)28(14)17-7-8-34(32,33)13-17)22(29)12-27-23(30)21(26-24(27)31)10-16-11-25-20-6-4-3-5-18(16)20/h3-6,9,11,17,21,25H,7-8,10,12-13H2,1-2H3,(H,26,31). The molecular formula is C24H26N4O5S. The maximum Gasteiger partial charge on any atom is 0.325 e. The number of amides is 3. The van der Waals surface area contributed by atoms with Crippen LogP contribution in [0, 0.1) is 13.8 Å². The third kappa shape index (κ3) is 3.81. The van der Waals surface area contributed by atoms with Crippen LogP contribution in [-0.2, 0) is 21.1 Å². The van der Waals surface area contributed by atoms with E-state index in [-0.39, 0.29) is 29.9 Å². The number of benzene rings is 1. The van der Waals surface area contributed by atoms with E-state index in [1.807, 2.05) is 42.0 Å². The Morgan fingerprint density at radius 1 is 1.18 bits per heavy atom. The minimum absolute atomic E-state index is 0.0551. The van der Waals surface area contributed by atoms with E-state index < -0.39 is 27.8 Å². The molecule has 3 aromatic rings. The van der Waals surface area contributed by atoms with Gasteiger partial charge in [-0.2, -0.15) is 0 Å². The normalized spacial score (nSPS) is 22.0. The highest BCUT2D eigenvalue weighted by Gasteiger charge is 2.40. The number of nitrogens with zero attached hydrogens (tertiary/aromatic N) is 2. The molecule has 2 aliphatic heterocycles. The Morgan fingerprint density at radius 3 is 2.68 bits per heavy atom. The molecule has 10 heteroatoms. The van der Waals surface area contributed by atoms with E-state index in [9.17, 15) is 22.8 Å². The van der Waals surface area contributed by atoms with E-state index in [1.165, 1.54) is 0 Å². The molecule has 1 aromatic carbocycles. The minimum Gasteiger partial charge on any atom is -0.361 e. The molecular weight excluding hydrogens is 456 g/mol. The predicted octanol–water partition coefficient (Wildman–Crippen LogP) is 2.29. The molecule has 2 atom stereocenters. The van der Waals surface area contributed by atoms with Crippen molar-refractivity contribution in [2.75, 3.05) is 18.1 Å². The number of fused-ring (bicyclic) bond motifs is 1. The molecule has 2 N–H and O–H groups in total. The van der Waals surface area contributed by atoms with Crippen molar-refractivity contribution >= 4 is 38.5 Å². The van der Waals surface area contributed by atoms with Crippen molar-refractivity contribution < 1.29 is 22.8 Å². The first kappa shape index (κ1) is 22.4. The second-order valence-corrected chi connectivity index (χ2v) is 11.4. The summed E-state index contributed by atoms with van der Waals surface area (Å²) in [4.78, 5) is 42.8. The third-order valence-electron chi connectivity index (χ3n) is 6.87. The average molecular weight is 483 g/mol. The zero-order valence-corrected chi connectivity index (χ0v) is 19.8. The van der Waals surface area contributed by atoms with Crippen LogP contribution in [-0.4, -0.2) is 64.7 Å². The Labute approximate surface area is 197 Å². The number of H-pyrrole nitrogens is 1. The first-order chi connectivity index (χ1) is 16.1. The molecule has 2 aliphatic rings. The quantitative estimate of drug-likeness (QED) is 0.412. The van der Waals surface area contributed by atoms with Gasteiger partial charge in [0.2, 0.25) is 0 Å². The van der Waals surface area contributed by atoms with Gasteiger partial charge in [0, 0.05) is 46.5 Å². The fraction of sp³-hybridized carbons (Fsp3) is 0.375. The zero-order valence-electron chi connectivity index (χ0n) is 19.0. The fourth-order valence-electron chi connectivity index (χ4n) is 5.21. The van der Waals surface area contributed by atoms with Crippen LogP contribution in [0.15, 0.2) is 36.5 Å². The summed E-state index contributed by atoms with van der Waals surface area (Å²) in [5.74, 6) is -0.589. The Hall–Kier alpha value is -3.40. The van der Waals surface area contributed by atoms with Gasteiger partial charge < -0.3 is 14.9 Å². The van der Waals surface area contributed by atoms with Crippen LogP contribution in [0.4, 0.5) is 4.79 Å². The molecule has 4 heterocycles. The Morgan fingerprint density at radius 2 is 1.94 bits per heavy atom. The van der Waals surface area contributed by atoms with Crippen molar-refractivity contribution in [2.45, 2.75) is 38.8 Å². The lowest BCUT2D eigenvalue weighted by Crippen LogP contribution is -2.36. The number of Topliss-reactive ketones (excluding diaryl/α,β-unsaturated/α-hetero) is 1. The largest absolute Gasteiger partial charge is 0.361 e. The molecule has 2 unspecified atom stereocenters. The molecule has 178 valence electrons. The number of urea groups is 1. The average Bonchev–Trinajstić information content (AvgIpc) is 3.50. The monoisotopic (exact) mass is 482 g/mol. The lowest BCUT2D eigenvalue weighted by molar-refractivity contribution is -0.127. The summed E-state index contributed by atoms with van der Waals surface area (Å²) in [6, 6.07) is 7.91. The number of aromatic nitrogens is 2. The molecule has 0 aliphatic carbocycles. The van der Waals surface area contributed by atoms with Crippen LogP contribution >= 0.6 is 0 Å². The number of aryl methyl sites for hydroxylation is 1. The van der Waals surface area contributed by atoms with Gasteiger partial charge in [-0.05, 0) is 38.0 Å². The van der Waals surface area contributed by atoms with Crippen molar-refractivity contribution in [3.8, 4) is 0 Å². The molecule has 34 heavy (non-hydrogen) atoms. The Kier molecular flexibility index (Phi) is 5.35. The first-order valence-corrected chi connectivity index (χ1v) is 13.1. The second-order valence-electron chi connectivity index (χ2n) is 9.12. The van der Waals surface area contributed by atoms with Crippen LogP contribution < -0.4 is 5.32 Å². The molecule has 2 aromatic heterocycles. The van der Waals surface area contributed by atoms with Gasteiger partial charge in [0.25, 0.3) is 5.91 Å². The number of rotatable bonds is 6. The van der Waals surface area contributed by atoms with E-state index in [2.05, 4.69) is 10.3 Å². The summed E-state index contributed by atoms with van der Waals surface area (Å²) in [5, 5.41) is 3.68. The summed E-state index contributed by atoms with van der Waals surface area (Å²) < 4.78 is 25.7. The zero-order chi connectivity index (χ0) is 24.2. The van der Waals surface area contributed by atoms with Crippen molar-refractivity contribution in [3.05, 3.63) is 59.0 Å². The first-order valence-electron chi connectivity index (χ1n) is 11.2. The number of imide groups is 1. The molecule has 0 saturated carbocycles. The van der Waals surface area contributed by atoms with Gasteiger partial charge in [-0.25, -0.2) is 13.2 Å². The minimum atomic E-state index is -3.08. The van der Waals surface area contributed by atoms with Crippen LogP contribution in [0.5, 0.6) is 0 Å². The van der Waals surface area contributed by atoms with E-state index in [4.69, 9.17) is 0 Å². The topological polar surface area (TPSA) is 121 Å². The highest BCUT2D eigenvalue weighted by molar-refractivity contribution is 7.91. The van der Waals surface area contributed by atoms with Gasteiger partial charge in [-0.3, -0.25) is 14.5 Å². The number of carbonyl (C=O) groups is 3. The molecule has 3 amide bonds. The Balaban J connectivity index is 1.32. The molecule has 2 saturated heterocycles. The van der Waals surface area contributed by atoms with Gasteiger partial charge in [0.1, 0.15) is 6.04 Å². The number of nitrogens with one attached hydrogen (secondary N) is 2. The van der Waals surface area contributed by atoms with Crippen molar-refractivity contribution in [2.24, 2.45) is 0 Å². The maximum absolute atomic E-state index is 13.1. The smallest absolute Gasteiger partial charge is 0.325 e. The van der Waals surface area contributed by atoms with Gasteiger partial charge in [-0.1, -0.05) is 18.2 Å². The number of para-hydroxylation sites is 1. The molecule has 9 nitrogen and oxygen atoms in total. The van der Waals surface area contributed by atoms with E-state index in [0.29, 0.717) is 24.1 Å². The molecule has 0 bridgehead atoms. The number of hydrogen-bond donors (Lipinski definition) is 2.